The largest absolute Gasteiger partial charge is 0.493 e. The third-order valence-corrected chi connectivity index (χ3v) is 4.89. The van der Waals surface area contributed by atoms with E-state index in [0.29, 0.717) is 23.1 Å². The SMILES string of the molecule is COc1cc(C(=O)N2CCC(N3CCNCC3)C2)ccc1OC(C)C.Cl. The van der Waals surface area contributed by atoms with E-state index in [9.17, 15) is 4.79 Å². The number of halogens is 1. The first-order chi connectivity index (χ1) is 12.1. The molecule has 2 fully saturated rings. The number of nitrogens with one attached hydrogen (secondary N) is 1. The summed E-state index contributed by atoms with van der Waals surface area (Å²) >= 11 is 0. The van der Waals surface area contributed by atoms with Crippen LogP contribution in [0.3, 0.4) is 0 Å². The van der Waals surface area contributed by atoms with E-state index in [0.717, 1.165) is 45.7 Å². The van der Waals surface area contributed by atoms with Crippen LogP contribution in [0.1, 0.15) is 30.6 Å². The standard InChI is InChI=1S/C19H29N3O3.ClH/c1-14(2)25-17-5-4-15(12-18(17)24-3)19(23)22-9-6-16(13-22)21-10-7-20-8-11-21;/h4-5,12,14,16,20H,6-11,13H2,1-3H3;1H. The number of hydrogen-bond donors (Lipinski definition) is 1. The summed E-state index contributed by atoms with van der Waals surface area (Å²) in [5.41, 5.74) is 0.661. The number of carbonyl (C=O) groups excluding carboxylic acids is 1. The number of piperazine rings is 1. The summed E-state index contributed by atoms with van der Waals surface area (Å²) in [7, 11) is 1.60. The number of rotatable bonds is 5. The Morgan fingerprint density at radius 2 is 1.92 bits per heavy atom. The molecule has 26 heavy (non-hydrogen) atoms. The first kappa shape index (κ1) is 20.8. The maximum Gasteiger partial charge on any atom is 0.254 e. The van der Waals surface area contributed by atoms with Crippen LogP contribution in [0.4, 0.5) is 0 Å². The van der Waals surface area contributed by atoms with Crippen LogP contribution in [0.5, 0.6) is 11.5 Å². The van der Waals surface area contributed by atoms with Crippen molar-refractivity contribution in [2.75, 3.05) is 46.4 Å². The molecule has 0 saturated carbocycles. The van der Waals surface area contributed by atoms with Crippen molar-refractivity contribution in [3.05, 3.63) is 23.8 Å². The van der Waals surface area contributed by atoms with E-state index < -0.39 is 0 Å². The van der Waals surface area contributed by atoms with Crippen molar-refractivity contribution in [1.82, 2.24) is 15.1 Å². The molecule has 0 aliphatic carbocycles. The maximum atomic E-state index is 12.9. The summed E-state index contributed by atoms with van der Waals surface area (Å²) in [4.78, 5) is 17.3. The number of carbonyl (C=O) groups is 1. The Morgan fingerprint density at radius 1 is 1.19 bits per heavy atom. The van der Waals surface area contributed by atoms with Gasteiger partial charge in [0, 0.05) is 50.9 Å². The lowest BCUT2D eigenvalue weighted by atomic mass is 10.1. The molecule has 0 spiro atoms. The second kappa shape index (κ2) is 9.44. The molecule has 0 aromatic heterocycles. The molecule has 2 saturated heterocycles. The second-order valence-corrected chi connectivity index (χ2v) is 7.01. The van der Waals surface area contributed by atoms with Crippen molar-refractivity contribution in [1.29, 1.82) is 0 Å². The molecular weight excluding hydrogens is 354 g/mol. The lowest BCUT2D eigenvalue weighted by Gasteiger charge is -2.32. The van der Waals surface area contributed by atoms with Crippen LogP contribution in [0.2, 0.25) is 0 Å². The molecule has 1 N–H and O–H groups in total. The highest BCUT2D eigenvalue weighted by atomic mass is 35.5. The number of amides is 1. The van der Waals surface area contributed by atoms with Gasteiger partial charge in [-0.05, 0) is 38.5 Å². The van der Waals surface area contributed by atoms with E-state index in [1.54, 1.807) is 13.2 Å². The molecule has 3 rings (SSSR count). The molecule has 1 atom stereocenters. The van der Waals surface area contributed by atoms with Gasteiger partial charge in [0.2, 0.25) is 0 Å². The lowest BCUT2D eigenvalue weighted by Crippen LogP contribution is -2.49. The van der Waals surface area contributed by atoms with Crippen molar-refractivity contribution in [2.24, 2.45) is 0 Å². The van der Waals surface area contributed by atoms with Gasteiger partial charge in [-0.15, -0.1) is 12.4 Å². The second-order valence-electron chi connectivity index (χ2n) is 7.01. The smallest absolute Gasteiger partial charge is 0.254 e. The number of ether oxygens (including phenoxy) is 2. The molecule has 1 unspecified atom stereocenters. The average Bonchev–Trinajstić information content (AvgIpc) is 3.12. The van der Waals surface area contributed by atoms with Crippen molar-refractivity contribution in [3.63, 3.8) is 0 Å². The van der Waals surface area contributed by atoms with Crippen molar-refractivity contribution >= 4 is 18.3 Å². The number of likely N-dealkylation sites (tertiary alicyclic amines) is 1. The van der Waals surface area contributed by atoms with Gasteiger partial charge < -0.3 is 19.7 Å². The van der Waals surface area contributed by atoms with E-state index in [1.165, 1.54) is 0 Å². The van der Waals surface area contributed by atoms with Gasteiger partial charge in [-0.25, -0.2) is 0 Å². The quantitative estimate of drug-likeness (QED) is 0.843. The summed E-state index contributed by atoms with van der Waals surface area (Å²) in [5, 5.41) is 3.38. The van der Waals surface area contributed by atoms with E-state index in [1.807, 2.05) is 30.9 Å². The number of hydrogen-bond acceptors (Lipinski definition) is 5. The van der Waals surface area contributed by atoms with Crippen molar-refractivity contribution in [2.45, 2.75) is 32.4 Å². The third kappa shape index (κ3) is 4.81. The Kier molecular flexibility index (Phi) is 7.55. The molecule has 7 heteroatoms. The van der Waals surface area contributed by atoms with Crippen LogP contribution >= 0.6 is 12.4 Å². The molecule has 146 valence electrons. The highest BCUT2D eigenvalue weighted by molar-refractivity contribution is 5.95. The van der Waals surface area contributed by atoms with Gasteiger partial charge in [-0.1, -0.05) is 0 Å². The fourth-order valence-corrected chi connectivity index (χ4v) is 3.61. The minimum atomic E-state index is 0. The summed E-state index contributed by atoms with van der Waals surface area (Å²) in [6, 6.07) is 5.94. The molecule has 1 amide bonds. The van der Waals surface area contributed by atoms with Crippen LogP contribution in [0.25, 0.3) is 0 Å². The van der Waals surface area contributed by atoms with Gasteiger partial charge in [0.05, 0.1) is 13.2 Å². The van der Waals surface area contributed by atoms with Crippen LogP contribution in [-0.4, -0.2) is 74.2 Å². The van der Waals surface area contributed by atoms with Gasteiger partial charge >= 0.3 is 0 Å². The van der Waals surface area contributed by atoms with Crippen LogP contribution in [0, 0.1) is 0 Å². The molecule has 2 heterocycles. The molecular formula is C19H30ClN3O3. The minimum Gasteiger partial charge on any atom is -0.493 e. The molecule has 1 aromatic carbocycles. The fourth-order valence-electron chi connectivity index (χ4n) is 3.61. The zero-order chi connectivity index (χ0) is 17.8. The number of nitrogens with zero attached hydrogens (tertiary/aromatic N) is 2. The average molecular weight is 384 g/mol. The van der Waals surface area contributed by atoms with Gasteiger partial charge in [0.15, 0.2) is 11.5 Å². The zero-order valence-electron chi connectivity index (χ0n) is 15.9. The maximum absolute atomic E-state index is 12.9. The summed E-state index contributed by atoms with van der Waals surface area (Å²) in [6.07, 6.45) is 1.12. The number of benzene rings is 1. The Balaban J connectivity index is 0.00000243. The van der Waals surface area contributed by atoms with Crippen molar-refractivity contribution in [3.8, 4) is 11.5 Å². The van der Waals surface area contributed by atoms with E-state index >= 15 is 0 Å². The molecule has 0 bridgehead atoms. The molecule has 1 aromatic rings. The fraction of sp³-hybridized carbons (Fsp3) is 0.632. The van der Waals surface area contributed by atoms with Gasteiger partial charge in [0.25, 0.3) is 5.91 Å². The minimum absolute atomic E-state index is 0. The summed E-state index contributed by atoms with van der Waals surface area (Å²) < 4.78 is 11.1. The molecule has 2 aliphatic rings. The van der Waals surface area contributed by atoms with Gasteiger partial charge in [0.1, 0.15) is 0 Å². The normalized spacial score (nSPS) is 20.8. The van der Waals surface area contributed by atoms with Crippen LogP contribution < -0.4 is 14.8 Å². The molecule has 2 aliphatic heterocycles. The summed E-state index contributed by atoms with van der Waals surface area (Å²) in [6.45, 7) is 9.80. The molecule has 6 nitrogen and oxygen atoms in total. The topological polar surface area (TPSA) is 54.0 Å². The first-order valence-corrected chi connectivity index (χ1v) is 9.17. The number of methoxy groups -OCH3 is 1. The summed E-state index contributed by atoms with van der Waals surface area (Å²) in [5.74, 6) is 1.36. The van der Waals surface area contributed by atoms with E-state index in [-0.39, 0.29) is 24.4 Å². The predicted octanol–water partition coefficient (Wildman–Crippen LogP) is 2.02. The van der Waals surface area contributed by atoms with E-state index in [4.69, 9.17) is 9.47 Å². The highest BCUT2D eigenvalue weighted by Gasteiger charge is 2.31. The van der Waals surface area contributed by atoms with Gasteiger partial charge in [-0.3, -0.25) is 9.69 Å². The first-order valence-electron chi connectivity index (χ1n) is 9.17. The molecule has 0 radical (unpaired) electrons. The van der Waals surface area contributed by atoms with Crippen LogP contribution in [0.15, 0.2) is 18.2 Å². The Labute approximate surface area is 162 Å². The van der Waals surface area contributed by atoms with Crippen LogP contribution in [-0.2, 0) is 0 Å². The third-order valence-electron chi connectivity index (χ3n) is 4.89. The Bertz CT molecular complexity index is 606. The predicted molar refractivity (Wildman–Crippen MR) is 105 cm³/mol. The van der Waals surface area contributed by atoms with E-state index in [2.05, 4.69) is 10.2 Å². The zero-order valence-corrected chi connectivity index (χ0v) is 16.7. The highest BCUT2D eigenvalue weighted by Crippen LogP contribution is 2.30. The Hall–Kier alpha value is -1.50. The van der Waals surface area contributed by atoms with Gasteiger partial charge in [-0.2, -0.15) is 0 Å². The lowest BCUT2D eigenvalue weighted by molar-refractivity contribution is 0.0773. The van der Waals surface area contributed by atoms with Crippen molar-refractivity contribution < 1.29 is 14.3 Å². The monoisotopic (exact) mass is 383 g/mol. The Morgan fingerprint density at radius 3 is 2.58 bits per heavy atom.